The zero-order valence-corrected chi connectivity index (χ0v) is 28.7. The normalized spacial score (nSPS) is 20.0. The molecular formula is C35H57N5O6. The maximum Gasteiger partial charge on any atom is 0.407 e. The molecule has 2 heterocycles. The first-order valence-electron chi connectivity index (χ1n) is 16.3. The Morgan fingerprint density at radius 1 is 1.13 bits per heavy atom. The standard InChI is InChI=1S/C17H24N2O5.C11H22N2.C7H11NO/c18-9-14(20)13(8-11-4-2-1-3-5-11)19-17(21)24-15-10-23-16-12(15)6-7-22-16;1-10(2)8-13-9-11(3,4)6-5-7-12;1-7(2,6-9)4-3-5-8/h1-5,12-16,20H,6-10,18H2,(H,19,21);10,13H,5-6,8-9H2,1-4H3;6H,3-4H2,1-2H3/t12?,13-,14?,15?,16?;;/m0../s1. The maximum absolute atomic E-state index is 12.2. The zero-order chi connectivity index (χ0) is 34.6. The van der Waals surface area contributed by atoms with Gasteiger partial charge in [-0.2, -0.15) is 10.5 Å². The predicted molar refractivity (Wildman–Crippen MR) is 177 cm³/mol. The van der Waals surface area contributed by atoms with E-state index in [1.165, 1.54) is 0 Å². The highest BCUT2D eigenvalue weighted by Gasteiger charge is 2.44. The molecule has 1 aromatic carbocycles. The molecule has 2 fully saturated rings. The van der Waals surface area contributed by atoms with Crippen LogP contribution in [0.2, 0.25) is 0 Å². The highest BCUT2D eigenvalue weighted by molar-refractivity contribution is 5.68. The van der Waals surface area contributed by atoms with E-state index >= 15 is 0 Å². The van der Waals surface area contributed by atoms with Crippen LogP contribution in [0.15, 0.2) is 30.3 Å². The minimum atomic E-state index is -0.847. The Kier molecular flexibility index (Phi) is 19.3. The number of aldehydes is 1. The van der Waals surface area contributed by atoms with E-state index in [-0.39, 0.29) is 35.7 Å². The van der Waals surface area contributed by atoms with Crippen LogP contribution in [0, 0.1) is 45.3 Å². The monoisotopic (exact) mass is 643 g/mol. The van der Waals surface area contributed by atoms with Crippen molar-refractivity contribution < 1.29 is 28.9 Å². The number of benzene rings is 1. The van der Waals surface area contributed by atoms with E-state index < -0.39 is 18.2 Å². The van der Waals surface area contributed by atoms with Crippen LogP contribution in [-0.2, 0) is 25.4 Å². The number of alkyl carbamates (subject to hydrolysis) is 1. The van der Waals surface area contributed by atoms with Gasteiger partial charge in [-0.05, 0) is 49.1 Å². The van der Waals surface area contributed by atoms with Gasteiger partial charge in [0.15, 0.2) is 6.29 Å². The molecule has 11 nitrogen and oxygen atoms in total. The summed E-state index contributed by atoms with van der Waals surface area (Å²) in [6.45, 7) is 15.6. The average molecular weight is 644 g/mol. The summed E-state index contributed by atoms with van der Waals surface area (Å²) in [4.78, 5) is 22.5. The van der Waals surface area contributed by atoms with E-state index in [0.717, 1.165) is 37.8 Å². The number of nitrogens with two attached hydrogens (primary N) is 1. The Balaban J connectivity index is 0.000000405. The second-order valence-corrected chi connectivity index (χ2v) is 13.8. The van der Waals surface area contributed by atoms with Gasteiger partial charge in [-0.1, -0.05) is 71.9 Å². The first kappa shape index (κ1) is 41.0. The lowest BCUT2D eigenvalue weighted by atomic mass is 9.88. The molecule has 0 aromatic heterocycles. The number of carbonyl (C=O) groups is 2. The molecular weight excluding hydrogens is 586 g/mol. The number of nitrogens with zero attached hydrogens (tertiary/aromatic N) is 2. The van der Waals surface area contributed by atoms with Crippen molar-refractivity contribution in [1.82, 2.24) is 10.6 Å². The van der Waals surface area contributed by atoms with Crippen molar-refractivity contribution in [1.29, 1.82) is 10.5 Å². The zero-order valence-electron chi connectivity index (χ0n) is 28.7. The first-order chi connectivity index (χ1) is 21.8. The van der Waals surface area contributed by atoms with Crippen molar-refractivity contribution in [3.8, 4) is 12.1 Å². The quantitative estimate of drug-likeness (QED) is 0.199. The smallest absolute Gasteiger partial charge is 0.407 e. The predicted octanol–water partition coefficient (Wildman–Crippen LogP) is 4.48. The Morgan fingerprint density at radius 2 is 1.78 bits per heavy atom. The van der Waals surface area contributed by atoms with E-state index in [4.69, 9.17) is 30.5 Å². The van der Waals surface area contributed by atoms with Crippen LogP contribution < -0.4 is 16.4 Å². The van der Waals surface area contributed by atoms with E-state index in [0.29, 0.717) is 44.8 Å². The van der Waals surface area contributed by atoms with Crippen molar-refractivity contribution in [3.63, 3.8) is 0 Å². The lowest BCUT2D eigenvalue weighted by molar-refractivity contribution is -0.114. The molecule has 0 bridgehead atoms. The number of aliphatic hydroxyl groups excluding tert-OH is 1. The molecule has 1 aromatic rings. The number of rotatable bonds is 15. The number of hydrogen-bond acceptors (Lipinski definition) is 10. The van der Waals surface area contributed by atoms with Crippen LogP contribution >= 0.6 is 0 Å². The minimum absolute atomic E-state index is 0.0584. The Labute approximate surface area is 276 Å². The fourth-order valence-corrected chi connectivity index (χ4v) is 4.80. The van der Waals surface area contributed by atoms with Gasteiger partial charge in [-0.25, -0.2) is 4.79 Å². The number of hydrogen-bond donors (Lipinski definition) is 4. The van der Waals surface area contributed by atoms with Crippen molar-refractivity contribution in [2.45, 2.75) is 105 Å². The summed E-state index contributed by atoms with van der Waals surface area (Å²) in [6, 6.07) is 13.3. The third-order valence-corrected chi connectivity index (χ3v) is 7.82. The summed E-state index contributed by atoms with van der Waals surface area (Å²) < 4.78 is 16.4. The number of ether oxygens (including phenoxy) is 3. The van der Waals surface area contributed by atoms with Gasteiger partial charge >= 0.3 is 6.09 Å². The van der Waals surface area contributed by atoms with Crippen LogP contribution in [0.3, 0.4) is 0 Å². The van der Waals surface area contributed by atoms with Crippen LogP contribution in [-0.4, -0.2) is 74.9 Å². The van der Waals surface area contributed by atoms with Crippen molar-refractivity contribution in [2.24, 2.45) is 28.4 Å². The number of fused-ring (bicyclic) bond motifs is 1. The second kappa shape index (κ2) is 21.7. The lowest BCUT2D eigenvalue weighted by Crippen LogP contribution is -2.49. The largest absolute Gasteiger partial charge is 0.443 e. The van der Waals surface area contributed by atoms with Gasteiger partial charge in [0.2, 0.25) is 0 Å². The first-order valence-corrected chi connectivity index (χ1v) is 16.3. The van der Waals surface area contributed by atoms with Gasteiger partial charge in [-0.15, -0.1) is 0 Å². The number of aliphatic hydroxyl groups is 1. The van der Waals surface area contributed by atoms with Gasteiger partial charge in [0.1, 0.15) is 12.4 Å². The molecule has 11 heteroatoms. The molecule has 2 aliphatic heterocycles. The molecule has 0 radical (unpaired) electrons. The van der Waals surface area contributed by atoms with Crippen molar-refractivity contribution in [3.05, 3.63) is 35.9 Å². The van der Waals surface area contributed by atoms with Gasteiger partial charge < -0.3 is 40.5 Å². The summed E-state index contributed by atoms with van der Waals surface area (Å²) in [7, 11) is 0. The van der Waals surface area contributed by atoms with Gasteiger partial charge in [0.25, 0.3) is 0 Å². The van der Waals surface area contributed by atoms with Gasteiger partial charge in [0, 0.05) is 31.3 Å². The van der Waals surface area contributed by atoms with Crippen LogP contribution in [0.1, 0.15) is 79.2 Å². The molecule has 2 aliphatic rings. The van der Waals surface area contributed by atoms with Crippen LogP contribution in [0.5, 0.6) is 0 Å². The number of nitrogens with one attached hydrogen (secondary N) is 2. The Bertz CT molecular complexity index is 1090. The van der Waals surface area contributed by atoms with Crippen LogP contribution in [0.25, 0.3) is 0 Å². The Morgan fingerprint density at radius 3 is 2.37 bits per heavy atom. The fraction of sp³-hybridized carbons (Fsp3) is 0.714. The minimum Gasteiger partial charge on any atom is -0.443 e. The summed E-state index contributed by atoms with van der Waals surface area (Å²) in [5, 5.41) is 32.9. The molecule has 4 unspecified atom stereocenters. The third-order valence-electron chi connectivity index (χ3n) is 7.82. The lowest BCUT2D eigenvalue weighted by Gasteiger charge is -2.24. The summed E-state index contributed by atoms with van der Waals surface area (Å²) in [5.74, 6) is 0.787. The third kappa shape index (κ3) is 17.0. The molecule has 5 N–H and O–H groups in total. The molecule has 258 valence electrons. The highest BCUT2D eigenvalue weighted by atomic mass is 16.7. The molecule has 0 saturated carbocycles. The summed E-state index contributed by atoms with van der Waals surface area (Å²) in [5.41, 5.74) is 6.51. The van der Waals surface area contributed by atoms with Gasteiger partial charge in [0.05, 0.1) is 43.4 Å². The number of amides is 1. The van der Waals surface area contributed by atoms with Crippen molar-refractivity contribution >= 4 is 12.4 Å². The van der Waals surface area contributed by atoms with E-state index in [1.807, 2.05) is 50.2 Å². The maximum atomic E-state index is 12.2. The van der Waals surface area contributed by atoms with Crippen LogP contribution in [0.4, 0.5) is 4.79 Å². The fourth-order valence-electron chi connectivity index (χ4n) is 4.80. The number of carbonyl (C=O) groups excluding carboxylic acids is 2. The molecule has 2 saturated heterocycles. The van der Waals surface area contributed by atoms with Gasteiger partial charge in [-0.3, -0.25) is 0 Å². The second-order valence-electron chi connectivity index (χ2n) is 13.8. The molecule has 3 rings (SSSR count). The van der Waals surface area contributed by atoms with E-state index in [2.05, 4.69) is 44.4 Å². The molecule has 1 amide bonds. The van der Waals surface area contributed by atoms with E-state index in [1.54, 1.807) is 0 Å². The van der Waals surface area contributed by atoms with Crippen molar-refractivity contribution in [2.75, 3.05) is 32.8 Å². The molecule has 46 heavy (non-hydrogen) atoms. The van der Waals surface area contributed by atoms with E-state index in [9.17, 15) is 14.7 Å². The molecule has 0 spiro atoms. The molecule has 0 aliphatic carbocycles. The SMILES string of the molecule is CC(C)(C=O)CCC#N.CC(C)CNCC(C)(C)CCC#N.NCC(O)[C@H](Cc1ccccc1)NC(=O)OC1COC2OCCC12. The average Bonchev–Trinajstić information content (AvgIpc) is 3.64. The Hall–Kier alpha value is -3.06. The molecule has 5 atom stereocenters. The number of nitriles is 2. The topological polar surface area (TPSA) is 180 Å². The highest BCUT2D eigenvalue weighted by Crippen LogP contribution is 2.33. The summed E-state index contributed by atoms with van der Waals surface area (Å²) in [6.07, 6.45) is 2.97. The summed E-state index contributed by atoms with van der Waals surface area (Å²) >= 11 is 0.